The molecule has 1 aliphatic rings. The maximum atomic E-state index is 12.1. The summed E-state index contributed by atoms with van der Waals surface area (Å²) in [4.78, 5) is 12.1. The van der Waals surface area contributed by atoms with Crippen LogP contribution in [0, 0.1) is 0 Å². The highest BCUT2D eigenvalue weighted by Crippen LogP contribution is 2.35. The minimum absolute atomic E-state index is 0.0132. The van der Waals surface area contributed by atoms with Crippen LogP contribution in [0.1, 0.15) is 31.9 Å². The van der Waals surface area contributed by atoms with Crippen molar-refractivity contribution >= 4 is 16.9 Å². The fourth-order valence-electron chi connectivity index (χ4n) is 3.24. The number of rotatable bonds is 2. The lowest BCUT2D eigenvalue weighted by Crippen LogP contribution is -2.42. The number of carbonyl (C=O) groups excluding carboxylic acids is 1. The van der Waals surface area contributed by atoms with Crippen molar-refractivity contribution in [2.24, 2.45) is 0 Å². The van der Waals surface area contributed by atoms with Crippen LogP contribution in [0.3, 0.4) is 0 Å². The van der Waals surface area contributed by atoms with Crippen molar-refractivity contribution in [2.75, 3.05) is 7.11 Å². The van der Waals surface area contributed by atoms with Crippen LogP contribution in [0.5, 0.6) is 5.75 Å². The second-order valence-corrected chi connectivity index (χ2v) is 7.01. The van der Waals surface area contributed by atoms with Crippen molar-refractivity contribution in [1.82, 2.24) is 5.32 Å². The molecule has 0 spiro atoms. The van der Waals surface area contributed by atoms with E-state index < -0.39 is 5.60 Å². The number of hydrogen-bond donors (Lipinski definition) is 1. The van der Waals surface area contributed by atoms with Crippen LogP contribution < -0.4 is 10.1 Å². The number of carbonyl (C=O) groups is 1. The monoisotopic (exact) mass is 313 g/mol. The van der Waals surface area contributed by atoms with Crippen molar-refractivity contribution in [3.63, 3.8) is 0 Å². The highest BCUT2D eigenvalue weighted by molar-refractivity contribution is 5.91. The van der Waals surface area contributed by atoms with Crippen LogP contribution in [-0.2, 0) is 17.6 Å². The summed E-state index contributed by atoms with van der Waals surface area (Å²) in [6.45, 7) is 5.60. The lowest BCUT2D eigenvalue weighted by Gasteiger charge is -2.28. The van der Waals surface area contributed by atoms with Crippen LogP contribution in [0.15, 0.2) is 30.3 Å². The molecule has 0 radical (unpaired) electrons. The topological polar surface area (TPSA) is 47.6 Å². The summed E-state index contributed by atoms with van der Waals surface area (Å²) < 4.78 is 10.9. The van der Waals surface area contributed by atoms with Gasteiger partial charge in [0.15, 0.2) is 0 Å². The molecule has 1 atom stereocenters. The number of ether oxygens (including phenoxy) is 2. The molecule has 23 heavy (non-hydrogen) atoms. The quantitative estimate of drug-likeness (QED) is 0.916. The fraction of sp³-hybridized carbons (Fsp3) is 0.421. The van der Waals surface area contributed by atoms with Gasteiger partial charge in [-0.05, 0) is 56.0 Å². The largest absolute Gasteiger partial charge is 0.496 e. The standard InChI is InChI=1S/C19H23NO3/c1-19(2,3)23-18(21)20-14-10-13-7-5-6-12-8-9-16(22-4)15(11-14)17(12)13/h5-9,14H,10-11H2,1-4H3,(H,20,21). The Morgan fingerprint density at radius 2 is 1.96 bits per heavy atom. The van der Waals surface area contributed by atoms with Crippen molar-refractivity contribution in [3.8, 4) is 5.75 Å². The van der Waals surface area contributed by atoms with E-state index in [4.69, 9.17) is 9.47 Å². The molecular formula is C19H23NO3. The van der Waals surface area contributed by atoms with Crippen molar-refractivity contribution in [2.45, 2.75) is 45.3 Å². The average Bonchev–Trinajstić information content (AvgIpc) is 2.45. The second kappa shape index (κ2) is 5.76. The predicted octanol–water partition coefficient (Wildman–Crippen LogP) is 3.84. The second-order valence-electron chi connectivity index (χ2n) is 7.01. The van der Waals surface area contributed by atoms with Crippen molar-refractivity contribution < 1.29 is 14.3 Å². The van der Waals surface area contributed by atoms with Crippen molar-refractivity contribution in [1.29, 1.82) is 0 Å². The van der Waals surface area contributed by atoms with E-state index in [9.17, 15) is 4.79 Å². The molecule has 0 fully saturated rings. The van der Waals surface area contributed by atoms with E-state index in [-0.39, 0.29) is 12.1 Å². The third-order valence-corrected chi connectivity index (χ3v) is 4.05. The van der Waals surface area contributed by atoms with Gasteiger partial charge in [0.25, 0.3) is 0 Å². The van der Waals surface area contributed by atoms with Gasteiger partial charge in [-0.15, -0.1) is 0 Å². The van der Waals surface area contributed by atoms with Crippen LogP contribution in [0.4, 0.5) is 4.79 Å². The van der Waals surface area contributed by atoms with E-state index in [0.29, 0.717) is 0 Å². The fourth-order valence-corrected chi connectivity index (χ4v) is 3.24. The van der Waals surface area contributed by atoms with Gasteiger partial charge >= 0.3 is 6.09 Å². The first-order valence-electron chi connectivity index (χ1n) is 7.94. The molecule has 1 unspecified atom stereocenters. The average molecular weight is 313 g/mol. The molecule has 3 rings (SSSR count). The molecule has 1 amide bonds. The molecule has 4 heteroatoms. The van der Waals surface area contributed by atoms with E-state index in [1.165, 1.54) is 16.3 Å². The van der Waals surface area contributed by atoms with Crippen LogP contribution >= 0.6 is 0 Å². The zero-order valence-corrected chi connectivity index (χ0v) is 14.1. The van der Waals surface area contributed by atoms with Gasteiger partial charge in [0, 0.05) is 11.6 Å². The molecule has 0 aliphatic heterocycles. The molecule has 0 saturated heterocycles. The van der Waals surface area contributed by atoms with Gasteiger partial charge in [0.05, 0.1) is 7.11 Å². The van der Waals surface area contributed by atoms with Crippen LogP contribution in [0.25, 0.3) is 10.8 Å². The Morgan fingerprint density at radius 3 is 2.65 bits per heavy atom. The number of benzene rings is 2. The lowest BCUT2D eigenvalue weighted by molar-refractivity contribution is 0.0503. The summed E-state index contributed by atoms with van der Waals surface area (Å²) in [5.41, 5.74) is 1.91. The zero-order chi connectivity index (χ0) is 16.6. The Morgan fingerprint density at radius 1 is 1.17 bits per heavy atom. The molecule has 0 heterocycles. The molecule has 0 saturated carbocycles. The molecule has 4 nitrogen and oxygen atoms in total. The summed E-state index contributed by atoms with van der Waals surface area (Å²) in [7, 11) is 1.69. The van der Waals surface area contributed by atoms with Gasteiger partial charge in [-0.3, -0.25) is 0 Å². The number of nitrogens with one attached hydrogen (secondary N) is 1. The molecule has 2 aromatic carbocycles. The number of methoxy groups -OCH3 is 1. The normalized spacial score (nSPS) is 17.0. The predicted molar refractivity (Wildman–Crippen MR) is 91.1 cm³/mol. The molecule has 1 N–H and O–H groups in total. The maximum absolute atomic E-state index is 12.1. The smallest absolute Gasteiger partial charge is 0.407 e. The number of amides is 1. The van der Waals surface area contributed by atoms with E-state index in [2.05, 4.69) is 29.6 Å². The molecule has 1 aliphatic carbocycles. The Bertz CT molecular complexity index is 746. The van der Waals surface area contributed by atoms with Gasteiger partial charge in [-0.1, -0.05) is 24.3 Å². The molecule has 2 aromatic rings. The van der Waals surface area contributed by atoms with Crippen LogP contribution in [-0.4, -0.2) is 24.8 Å². The molecule has 0 aromatic heterocycles. The first kappa shape index (κ1) is 15.7. The maximum Gasteiger partial charge on any atom is 0.407 e. The Labute approximate surface area is 136 Å². The molecular weight excluding hydrogens is 290 g/mol. The minimum Gasteiger partial charge on any atom is -0.496 e. The first-order chi connectivity index (χ1) is 10.9. The summed E-state index contributed by atoms with van der Waals surface area (Å²) in [6.07, 6.45) is 1.18. The van der Waals surface area contributed by atoms with E-state index in [0.717, 1.165) is 24.2 Å². The van der Waals surface area contributed by atoms with Gasteiger partial charge in [0.2, 0.25) is 0 Å². The van der Waals surface area contributed by atoms with E-state index >= 15 is 0 Å². The lowest BCUT2D eigenvalue weighted by atomic mass is 9.85. The summed E-state index contributed by atoms with van der Waals surface area (Å²) in [6, 6.07) is 10.4. The highest BCUT2D eigenvalue weighted by atomic mass is 16.6. The van der Waals surface area contributed by atoms with Crippen molar-refractivity contribution in [3.05, 3.63) is 41.5 Å². The summed E-state index contributed by atoms with van der Waals surface area (Å²) in [5.74, 6) is 0.876. The van der Waals surface area contributed by atoms with Gasteiger partial charge in [-0.2, -0.15) is 0 Å². The van der Waals surface area contributed by atoms with Gasteiger partial charge in [0.1, 0.15) is 11.4 Å². The highest BCUT2D eigenvalue weighted by Gasteiger charge is 2.26. The van der Waals surface area contributed by atoms with Gasteiger partial charge in [-0.25, -0.2) is 4.79 Å². The Kier molecular flexibility index (Phi) is 3.92. The van der Waals surface area contributed by atoms with E-state index in [1.54, 1.807) is 7.11 Å². The summed E-state index contributed by atoms with van der Waals surface area (Å²) in [5, 5.41) is 5.47. The zero-order valence-electron chi connectivity index (χ0n) is 14.1. The SMILES string of the molecule is COc1ccc2cccc3c2c1CC(NC(=O)OC(C)(C)C)C3. The third kappa shape index (κ3) is 3.26. The number of alkyl carbamates (subject to hydrolysis) is 1. The van der Waals surface area contributed by atoms with E-state index in [1.807, 2.05) is 26.8 Å². The first-order valence-corrected chi connectivity index (χ1v) is 7.94. The molecule has 0 bridgehead atoms. The number of hydrogen-bond acceptors (Lipinski definition) is 3. The summed E-state index contributed by atoms with van der Waals surface area (Å²) >= 11 is 0. The Hall–Kier alpha value is -2.23. The van der Waals surface area contributed by atoms with Crippen LogP contribution in [0.2, 0.25) is 0 Å². The van der Waals surface area contributed by atoms with Gasteiger partial charge < -0.3 is 14.8 Å². The molecule has 122 valence electrons. The Balaban J connectivity index is 1.88. The third-order valence-electron chi connectivity index (χ3n) is 4.05. The minimum atomic E-state index is -0.492.